The summed E-state index contributed by atoms with van der Waals surface area (Å²) in [4.78, 5) is 33.9. The molecule has 2 heterocycles. The van der Waals surface area contributed by atoms with E-state index in [1.807, 2.05) is 0 Å². The van der Waals surface area contributed by atoms with Gasteiger partial charge in [-0.05, 0) is 56.1 Å². The molecule has 0 spiro atoms. The highest BCUT2D eigenvalue weighted by Gasteiger charge is 2.37. The SMILES string of the molecule is Cn1c(C(=O)N2CCN(C3CCC(O)CC3)C(=O)C2)nc2c(C3CC3)cc(OC(F)(F)F)cc21. The first-order valence-electron chi connectivity index (χ1n) is 11.6. The summed E-state index contributed by atoms with van der Waals surface area (Å²) in [6.45, 7) is 0.690. The predicted octanol–water partition coefficient (Wildman–Crippen LogP) is 2.94. The Bertz CT molecular complexity index is 1120. The van der Waals surface area contributed by atoms with Gasteiger partial charge in [-0.15, -0.1) is 13.2 Å². The first-order valence-corrected chi connectivity index (χ1v) is 11.6. The number of fused-ring (bicyclic) bond motifs is 1. The zero-order chi connectivity index (χ0) is 24.2. The highest BCUT2D eigenvalue weighted by molar-refractivity contribution is 5.98. The maximum absolute atomic E-state index is 13.3. The Morgan fingerprint density at radius 3 is 2.44 bits per heavy atom. The molecule has 2 aliphatic carbocycles. The molecule has 1 saturated heterocycles. The summed E-state index contributed by atoms with van der Waals surface area (Å²) < 4.78 is 44.1. The predicted molar refractivity (Wildman–Crippen MR) is 115 cm³/mol. The zero-order valence-electron chi connectivity index (χ0n) is 18.8. The lowest BCUT2D eigenvalue weighted by molar-refractivity contribution is -0.274. The van der Waals surface area contributed by atoms with E-state index < -0.39 is 12.3 Å². The van der Waals surface area contributed by atoms with E-state index in [1.165, 1.54) is 21.6 Å². The number of carbonyl (C=O) groups excluding carboxylic acids is 2. The lowest BCUT2D eigenvalue weighted by Gasteiger charge is -2.41. The average molecular weight is 480 g/mol. The third-order valence-corrected chi connectivity index (χ3v) is 7.08. The van der Waals surface area contributed by atoms with Gasteiger partial charge in [-0.1, -0.05) is 0 Å². The second kappa shape index (κ2) is 8.44. The fraction of sp³-hybridized carbons (Fsp3) is 0.609. The fourth-order valence-corrected chi connectivity index (χ4v) is 5.13. The van der Waals surface area contributed by atoms with E-state index in [0.717, 1.165) is 25.7 Å². The lowest BCUT2D eigenvalue weighted by atomic mass is 9.91. The first kappa shape index (κ1) is 22.9. The molecule has 11 heteroatoms. The number of piperazine rings is 1. The van der Waals surface area contributed by atoms with Crippen molar-refractivity contribution in [1.82, 2.24) is 19.4 Å². The average Bonchev–Trinajstić information content (AvgIpc) is 3.57. The molecule has 2 aromatic rings. The van der Waals surface area contributed by atoms with Crippen LogP contribution in [0.4, 0.5) is 13.2 Å². The van der Waals surface area contributed by atoms with Gasteiger partial charge in [0.25, 0.3) is 5.91 Å². The Balaban J connectivity index is 1.38. The number of imidazole rings is 1. The minimum atomic E-state index is -4.82. The number of carbonyl (C=O) groups is 2. The summed E-state index contributed by atoms with van der Waals surface area (Å²) in [6.07, 6.45) is -0.606. The van der Waals surface area contributed by atoms with E-state index in [0.29, 0.717) is 42.5 Å². The van der Waals surface area contributed by atoms with Crippen LogP contribution in [0.25, 0.3) is 11.0 Å². The molecule has 0 unspecified atom stereocenters. The van der Waals surface area contributed by atoms with Gasteiger partial charge >= 0.3 is 6.36 Å². The number of aryl methyl sites for hydroxylation is 1. The summed E-state index contributed by atoms with van der Waals surface area (Å²) in [5, 5.41) is 9.72. The number of hydrogen-bond donors (Lipinski definition) is 1. The second-order valence-corrected chi connectivity index (χ2v) is 9.47. The number of ether oxygens (including phenoxy) is 1. The molecule has 1 aliphatic heterocycles. The van der Waals surface area contributed by atoms with Crippen molar-refractivity contribution in [3.05, 3.63) is 23.5 Å². The molecule has 1 N–H and O–H groups in total. The van der Waals surface area contributed by atoms with Gasteiger partial charge in [-0.2, -0.15) is 0 Å². The molecule has 1 aromatic carbocycles. The number of rotatable bonds is 4. The fourth-order valence-electron chi connectivity index (χ4n) is 5.13. The number of alkyl halides is 3. The van der Waals surface area contributed by atoms with Crippen LogP contribution in [0.1, 0.15) is 60.6 Å². The number of nitrogens with zero attached hydrogens (tertiary/aromatic N) is 4. The number of halogens is 3. The van der Waals surface area contributed by atoms with Gasteiger partial charge in [0.15, 0.2) is 5.82 Å². The second-order valence-electron chi connectivity index (χ2n) is 9.47. The van der Waals surface area contributed by atoms with E-state index in [1.54, 1.807) is 11.9 Å². The van der Waals surface area contributed by atoms with Crippen LogP contribution in [0.2, 0.25) is 0 Å². The highest BCUT2D eigenvalue weighted by atomic mass is 19.4. The van der Waals surface area contributed by atoms with Gasteiger partial charge in [0.1, 0.15) is 12.3 Å². The maximum atomic E-state index is 13.3. The molecule has 5 rings (SSSR count). The molecule has 0 atom stereocenters. The number of hydrogen-bond acceptors (Lipinski definition) is 5. The molecule has 8 nitrogen and oxygen atoms in total. The van der Waals surface area contributed by atoms with Crippen molar-refractivity contribution in [2.24, 2.45) is 7.05 Å². The van der Waals surface area contributed by atoms with Crippen LogP contribution in [-0.2, 0) is 11.8 Å². The van der Waals surface area contributed by atoms with Crippen LogP contribution in [0.3, 0.4) is 0 Å². The Kier molecular flexibility index (Phi) is 5.70. The van der Waals surface area contributed by atoms with Gasteiger partial charge in [-0.25, -0.2) is 4.98 Å². The summed E-state index contributed by atoms with van der Waals surface area (Å²) >= 11 is 0. The van der Waals surface area contributed by atoms with E-state index in [2.05, 4.69) is 9.72 Å². The summed E-state index contributed by atoms with van der Waals surface area (Å²) in [6, 6.07) is 2.69. The van der Waals surface area contributed by atoms with Crippen molar-refractivity contribution in [1.29, 1.82) is 0 Å². The minimum absolute atomic E-state index is 0.0704. The smallest absolute Gasteiger partial charge is 0.406 e. The standard InChI is InChI=1S/C23H27F3N4O4/c1-28-18-11-16(34-23(24,25)26)10-17(13-2-3-13)20(18)27-21(28)22(33)29-8-9-30(19(32)12-29)14-4-6-15(31)7-5-14/h10-11,13-15,31H,2-9,12H2,1H3. The number of aliphatic hydroxyl groups excluding tert-OH is 1. The molecule has 2 saturated carbocycles. The Hall–Kier alpha value is -2.82. The van der Waals surface area contributed by atoms with Gasteiger partial charge in [0.05, 0.1) is 17.1 Å². The molecule has 2 amide bonds. The number of benzene rings is 1. The van der Waals surface area contributed by atoms with Gasteiger partial charge in [0.2, 0.25) is 5.91 Å². The van der Waals surface area contributed by atoms with E-state index >= 15 is 0 Å². The van der Waals surface area contributed by atoms with Crippen molar-refractivity contribution in [2.45, 2.75) is 63.0 Å². The topological polar surface area (TPSA) is 87.9 Å². The molecule has 34 heavy (non-hydrogen) atoms. The van der Waals surface area contributed by atoms with Crippen molar-refractivity contribution < 1.29 is 32.6 Å². The van der Waals surface area contributed by atoms with Crippen LogP contribution >= 0.6 is 0 Å². The number of amides is 2. The van der Waals surface area contributed by atoms with Crippen LogP contribution in [0.15, 0.2) is 12.1 Å². The normalized spacial score (nSPS) is 24.1. The summed E-state index contributed by atoms with van der Waals surface area (Å²) in [5.41, 5.74) is 1.53. The van der Waals surface area contributed by atoms with Crippen molar-refractivity contribution in [3.63, 3.8) is 0 Å². The van der Waals surface area contributed by atoms with Crippen LogP contribution in [-0.4, -0.2) is 74.4 Å². The summed E-state index contributed by atoms with van der Waals surface area (Å²) in [5.74, 6) is -0.713. The van der Waals surface area contributed by atoms with Crippen molar-refractivity contribution in [3.8, 4) is 5.75 Å². The third kappa shape index (κ3) is 4.45. The summed E-state index contributed by atoms with van der Waals surface area (Å²) in [7, 11) is 1.59. The molecule has 3 fully saturated rings. The van der Waals surface area contributed by atoms with Crippen molar-refractivity contribution in [2.75, 3.05) is 19.6 Å². The lowest BCUT2D eigenvalue weighted by Crippen LogP contribution is -2.56. The zero-order valence-corrected chi connectivity index (χ0v) is 18.8. The van der Waals surface area contributed by atoms with Gasteiger partial charge in [0, 0.05) is 32.2 Å². The largest absolute Gasteiger partial charge is 0.573 e. The molecular weight excluding hydrogens is 453 g/mol. The molecule has 0 bridgehead atoms. The quantitative estimate of drug-likeness (QED) is 0.727. The Labute approximate surface area is 194 Å². The molecule has 184 valence electrons. The molecule has 3 aliphatic rings. The van der Waals surface area contributed by atoms with Crippen molar-refractivity contribution >= 4 is 22.8 Å². The highest BCUT2D eigenvalue weighted by Crippen LogP contribution is 2.45. The Morgan fingerprint density at radius 2 is 1.82 bits per heavy atom. The molecular formula is C23H27F3N4O4. The van der Waals surface area contributed by atoms with Gasteiger partial charge in [-0.3, -0.25) is 9.59 Å². The molecule has 0 radical (unpaired) electrons. The number of aromatic nitrogens is 2. The van der Waals surface area contributed by atoms with E-state index in [9.17, 15) is 27.9 Å². The third-order valence-electron chi connectivity index (χ3n) is 7.08. The Morgan fingerprint density at radius 1 is 1.12 bits per heavy atom. The minimum Gasteiger partial charge on any atom is -0.406 e. The maximum Gasteiger partial charge on any atom is 0.573 e. The van der Waals surface area contributed by atoms with E-state index in [4.69, 9.17) is 0 Å². The molecule has 1 aromatic heterocycles. The first-order chi connectivity index (χ1) is 16.1. The number of aliphatic hydroxyl groups is 1. The van der Waals surface area contributed by atoms with Crippen LogP contribution < -0.4 is 4.74 Å². The van der Waals surface area contributed by atoms with Gasteiger partial charge < -0.3 is 24.2 Å². The van der Waals surface area contributed by atoms with E-state index in [-0.39, 0.29) is 42.1 Å². The van der Waals surface area contributed by atoms with Crippen LogP contribution in [0, 0.1) is 0 Å². The monoisotopic (exact) mass is 480 g/mol. The van der Waals surface area contributed by atoms with Crippen LogP contribution in [0.5, 0.6) is 5.75 Å².